The van der Waals surface area contributed by atoms with Crippen molar-refractivity contribution in [3.63, 3.8) is 0 Å². The number of amides is 2. The van der Waals surface area contributed by atoms with Crippen LogP contribution in [0.25, 0.3) is 11.1 Å². The molecular formula is C47H61F2N5O12S. The third-order valence-electron chi connectivity index (χ3n) is 10.2. The number of aliphatic carboxylic acids is 1. The van der Waals surface area contributed by atoms with E-state index in [2.05, 4.69) is 23.3 Å². The van der Waals surface area contributed by atoms with Gasteiger partial charge in [0.15, 0.2) is 0 Å². The number of thiol groups is 1. The Balaban J connectivity index is 1.09. The van der Waals surface area contributed by atoms with E-state index in [1.807, 2.05) is 6.07 Å². The van der Waals surface area contributed by atoms with Gasteiger partial charge in [0.05, 0.1) is 92.4 Å². The highest BCUT2D eigenvalue weighted by atomic mass is 32.1. The summed E-state index contributed by atoms with van der Waals surface area (Å²) in [6, 6.07) is 18.0. The molecule has 366 valence electrons. The average Bonchev–Trinajstić information content (AvgIpc) is 3.31. The van der Waals surface area contributed by atoms with Crippen LogP contribution in [-0.4, -0.2) is 130 Å². The van der Waals surface area contributed by atoms with E-state index in [-0.39, 0.29) is 80.5 Å². The van der Waals surface area contributed by atoms with E-state index in [9.17, 15) is 28.4 Å². The van der Waals surface area contributed by atoms with Crippen LogP contribution in [0.1, 0.15) is 41.1 Å². The minimum Gasteiger partial charge on any atom is -0.480 e. The molecule has 0 bridgehead atoms. The smallest absolute Gasteiger partial charge is 0.333 e. The van der Waals surface area contributed by atoms with E-state index >= 15 is 4.39 Å². The maximum absolute atomic E-state index is 16.5. The van der Waals surface area contributed by atoms with Gasteiger partial charge in [-0.2, -0.15) is 17.0 Å². The van der Waals surface area contributed by atoms with Crippen LogP contribution in [0.2, 0.25) is 0 Å². The molecule has 0 spiro atoms. The van der Waals surface area contributed by atoms with E-state index in [0.29, 0.717) is 76.2 Å². The molecule has 67 heavy (non-hydrogen) atoms. The lowest BCUT2D eigenvalue weighted by Crippen LogP contribution is -2.44. The van der Waals surface area contributed by atoms with Gasteiger partial charge >= 0.3 is 11.7 Å². The molecule has 0 fully saturated rings. The Morgan fingerprint density at radius 1 is 0.731 bits per heavy atom. The fourth-order valence-corrected chi connectivity index (χ4v) is 6.80. The van der Waals surface area contributed by atoms with Crippen LogP contribution < -0.4 is 27.6 Å². The van der Waals surface area contributed by atoms with Gasteiger partial charge in [0, 0.05) is 36.7 Å². The number of nitrogens with one attached hydrogen (secondary N) is 2. The Morgan fingerprint density at radius 3 is 1.90 bits per heavy atom. The third-order valence-corrected chi connectivity index (χ3v) is 10.6. The molecule has 0 aliphatic carbocycles. The van der Waals surface area contributed by atoms with Crippen molar-refractivity contribution in [2.75, 3.05) is 91.6 Å². The van der Waals surface area contributed by atoms with Crippen LogP contribution in [0, 0.1) is 18.7 Å². The Bertz CT molecular complexity index is 2260. The Labute approximate surface area is 393 Å². The van der Waals surface area contributed by atoms with Crippen molar-refractivity contribution < 1.29 is 56.7 Å². The molecule has 1 unspecified atom stereocenters. The summed E-state index contributed by atoms with van der Waals surface area (Å²) in [5.74, 6) is -3.53. The second-order valence-electron chi connectivity index (χ2n) is 15.1. The van der Waals surface area contributed by atoms with Crippen molar-refractivity contribution in [1.82, 2.24) is 19.8 Å². The molecule has 5 N–H and O–H groups in total. The van der Waals surface area contributed by atoms with E-state index < -0.39 is 53.5 Å². The van der Waals surface area contributed by atoms with Gasteiger partial charge in [-0.3, -0.25) is 23.5 Å². The number of nitrogens with two attached hydrogens (primary N) is 1. The van der Waals surface area contributed by atoms with Gasteiger partial charge in [-0.1, -0.05) is 66.7 Å². The highest BCUT2D eigenvalue weighted by Crippen LogP contribution is 2.23. The number of carboxylic acid groups (broad SMARTS) is 1. The number of ether oxygens (including phenoxy) is 6. The zero-order chi connectivity index (χ0) is 48.4. The maximum atomic E-state index is 16.5. The first-order valence-corrected chi connectivity index (χ1v) is 22.6. The van der Waals surface area contributed by atoms with Crippen molar-refractivity contribution in [3.8, 4) is 11.1 Å². The lowest BCUT2D eigenvalue weighted by molar-refractivity contribution is -0.141. The fourth-order valence-electron chi connectivity index (χ4n) is 6.55. The summed E-state index contributed by atoms with van der Waals surface area (Å²) in [5.41, 5.74) is 6.35. The van der Waals surface area contributed by atoms with Gasteiger partial charge in [-0.15, -0.1) is 0 Å². The second kappa shape index (κ2) is 30.1. The summed E-state index contributed by atoms with van der Waals surface area (Å²) in [6.07, 6.45) is 0.416. The number of carboxylic acids is 1. The molecule has 0 saturated heterocycles. The van der Waals surface area contributed by atoms with Crippen LogP contribution in [0.4, 0.5) is 8.78 Å². The molecule has 17 nitrogen and oxygen atoms in total. The molecule has 0 saturated carbocycles. The molecule has 0 radical (unpaired) electrons. The molecule has 0 aliphatic rings. The van der Waals surface area contributed by atoms with Gasteiger partial charge < -0.3 is 49.9 Å². The number of carbonyl (C=O) groups excluding carboxylic acids is 2. The standard InChI is InChI=1S/C47H61F2N5O12S/c1-33-7-5-12-38(48)37(33)30-53-44(49)43(45(57)54(47(53)60)31-39(50)35-9-3-2-4-10-35)36-11-6-8-34(29-36)13-14-41(55)51-16-18-62-20-22-64-24-26-66-28-27-65-25-23-63-21-19-61-17-15-42(56)52-40(32-67)46(58)59/h2-12,29,39-40,67H,13-28,30-32,50H2,1H3,(H,51,55)(H,52,56)(H,58,59)/t39-,40?/m0/s1. The van der Waals surface area contributed by atoms with Crippen LogP contribution >= 0.6 is 12.6 Å². The third kappa shape index (κ3) is 18.7. The van der Waals surface area contributed by atoms with Crippen molar-refractivity contribution in [1.29, 1.82) is 0 Å². The monoisotopic (exact) mass is 957 g/mol. The van der Waals surface area contributed by atoms with E-state index in [1.54, 1.807) is 61.5 Å². The highest BCUT2D eigenvalue weighted by molar-refractivity contribution is 7.80. The topological polar surface area (TPSA) is 221 Å². The lowest BCUT2D eigenvalue weighted by Gasteiger charge is -2.19. The number of nitrogens with zero attached hydrogens (tertiary/aromatic N) is 2. The SMILES string of the molecule is Cc1cccc(F)c1Cn1c(F)c(-c2cccc(CCC(=O)NCCOCCOCCOCCOCCOCCOCCC(=O)NC(CS)C(=O)O)c2)c(=O)n(C[C@H](N)c2ccccc2)c1=O. The number of halogens is 2. The van der Waals surface area contributed by atoms with E-state index in [1.165, 1.54) is 12.1 Å². The van der Waals surface area contributed by atoms with Crippen molar-refractivity contribution in [3.05, 3.63) is 128 Å². The minimum absolute atomic E-state index is 0.00177. The second-order valence-corrected chi connectivity index (χ2v) is 15.5. The molecule has 2 atom stereocenters. The Hall–Kier alpha value is -5.32. The summed E-state index contributed by atoms with van der Waals surface area (Å²) < 4.78 is 65.7. The zero-order valence-electron chi connectivity index (χ0n) is 37.6. The summed E-state index contributed by atoms with van der Waals surface area (Å²) >= 11 is 3.89. The van der Waals surface area contributed by atoms with Gasteiger partial charge in [-0.25, -0.2) is 14.0 Å². The van der Waals surface area contributed by atoms with Crippen molar-refractivity contribution in [2.45, 2.75) is 51.4 Å². The van der Waals surface area contributed by atoms with E-state index in [0.717, 1.165) is 9.13 Å². The summed E-state index contributed by atoms with van der Waals surface area (Å²) in [7, 11) is 0. The van der Waals surface area contributed by atoms with Gasteiger partial charge in [0.2, 0.25) is 17.8 Å². The molecule has 3 aromatic carbocycles. The number of benzene rings is 3. The molecular weight excluding hydrogens is 897 g/mol. The largest absolute Gasteiger partial charge is 0.480 e. The first-order valence-electron chi connectivity index (χ1n) is 21.9. The fraction of sp³-hybridized carbons (Fsp3) is 0.468. The lowest BCUT2D eigenvalue weighted by atomic mass is 10.0. The Morgan fingerprint density at radius 2 is 1.31 bits per heavy atom. The average molecular weight is 958 g/mol. The highest BCUT2D eigenvalue weighted by Gasteiger charge is 2.24. The minimum atomic E-state index is -1.14. The predicted octanol–water partition coefficient (Wildman–Crippen LogP) is 3.05. The van der Waals surface area contributed by atoms with Crippen LogP contribution in [0.5, 0.6) is 0 Å². The predicted molar refractivity (Wildman–Crippen MR) is 248 cm³/mol. The Kier molecular flexibility index (Phi) is 24.4. The number of aromatic nitrogens is 2. The van der Waals surface area contributed by atoms with Crippen LogP contribution in [0.3, 0.4) is 0 Å². The van der Waals surface area contributed by atoms with E-state index in [4.69, 9.17) is 39.3 Å². The number of carbonyl (C=O) groups is 3. The molecule has 20 heteroatoms. The first-order chi connectivity index (χ1) is 32.4. The number of hydrogen-bond donors (Lipinski definition) is 5. The van der Waals surface area contributed by atoms with Crippen molar-refractivity contribution >= 4 is 30.4 Å². The molecule has 4 aromatic rings. The molecule has 2 amide bonds. The number of hydrogen-bond acceptors (Lipinski definition) is 13. The molecule has 1 heterocycles. The summed E-state index contributed by atoms with van der Waals surface area (Å²) in [6.45, 7) is 5.12. The van der Waals surface area contributed by atoms with Gasteiger partial charge in [-0.05, 0) is 41.7 Å². The number of rotatable bonds is 33. The first kappa shape index (κ1) is 54.3. The van der Waals surface area contributed by atoms with Crippen LogP contribution in [-0.2, 0) is 62.3 Å². The summed E-state index contributed by atoms with van der Waals surface area (Å²) in [4.78, 5) is 63.0. The zero-order valence-corrected chi connectivity index (χ0v) is 38.5. The normalized spacial score (nSPS) is 12.2. The summed E-state index contributed by atoms with van der Waals surface area (Å²) in [5, 5.41) is 14.1. The molecule has 0 aliphatic heterocycles. The van der Waals surface area contributed by atoms with Gasteiger partial charge in [0.25, 0.3) is 5.56 Å². The number of aryl methyl sites for hydroxylation is 2. The quantitative estimate of drug-likeness (QED) is 0.0264. The van der Waals surface area contributed by atoms with Crippen molar-refractivity contribution in [2.24, 2.45) is 5.73 Å². The maximum Gasteiger partial charge on any atom is 0.333 e. The molecule has 1 aromatic heterocycles. The van der Waals surface area contributed by atoms with Gasteiger partial charge in [0.1, 0.15) is 17.4 Å². The molecule has 4 rings (SSSR count). The van der Waals surface area contributed by atoms with Crippen LogP contribution in [0.15, 0.2) is 82.4 Å².